The minimum absolute atomic E-state index is 0.115. The molecule has 4 nitrogen and oxygen atoms in total. The fourth-order valence-corrected chi connectivity index (χ4v) is 1.18. The van der Waals surface area contributed by atoms with Crippen molar-refractivity contribution in [3.05, 3.63) is 0 Å². The number of hydrogen-bond donors (Lipinski definition) is 2. The molecule has 0 aliphatic rings. The van der Waals surface area contributed by atoms with Crippen LogP contribution in [-0.2, 0) is 4.74 Å². The maximum Gasteiger partial charge on any atom is 0.314 e. The van der Waals surface area contributed by atoms with Gasteiger partial charge in [0, 0.05) is 19.7 Å². The van der Waals surface area contributed by atoms with Crippen LogP contribution in [0.3, 0.4) is 0 Å². The van der Waals surface area contributed by atoms with E-state index in [9.17, 15) is 4.79 Å². The molecule has 0 heterocycles. The Labute approximate surface area is 92.8 Å². The van der Waals surface area contributed by atoms with Crippen molar-refractivity contribution in [2.24, 2.45) is 0 Å². The lowest BCUT2D eigenvalue weighted by molar-refractivity contribution is -0.00689. The highest BCUT2D eigenvalue weighted by molar-refractivity contribution is 5.73. The molecule has 0 rings (SSSR count). The molecule has 0 atom stereocenters. The smallest absolute Gasteiger partial charge is 0.314 e. The summed E-state index contributed by atoms with van der Waals surface area (Å²) in [5.41, 5.74) is -0.295. The Kier molecular flexibility index (Phi) is 7.13. The molecular formula is C11H24N2O2. The molecule has 0 bridgehead atoms. The van der Waals surface area contributed by atoms with Crippen LogP contribution < -0.4 is 10.6 Å². The van der Waals surface area contributed by atoms with E-state index in [0.29, 0.717) is 13.2 Å². The fourth-order valence-electron chi connectivity index (χ4n) is 1.18. The van der Waals surface area contributed by atoms with E-state index in [1.165, 1.54) is 0 Å². The van der Waals surface area contributed by atoms with Crippen molar-refractivity contribution in [3.63, 3.8) is 0 Å². The minimum Gasteiger partial charge on any atom is -0.374 e. The first-order chi connectivity index (χ1) is 7.02. The van der Waals surface area contributed by atoms with Crippen molar-refractivity contribution in [1.82, 2.24) is 10.6 Å². The first-order valence-corrected chi connectivity index (χ1v) is 5.67. The molecule has 0 aromatic carbocycles. The average Bonchev–Trinajstić information content (AvgIpc) is 2.15. The van der Waals surface area contributed by atoms with Gasteiger partial charge in [-0.1, -0.05) is 13.3 Å². The van der Waals surface area contributed by atoms with E-state index in [-0.39, 0.29) is 11.6 Å². The molecule has 0 aliphatic carbocycles. The lowest BCUT2D eigenvalue weighted by atomic mass is 10.1. The molecule has 0 saturated carbocycles. The number of carbonyl (C=O) groups excluding carboxylic acids is 1. The van der Waals surface area contributed by atoms with E-state index in [1.807, 2.05) is 20.8 Å². The molecule has 0 radical (unpaired) electrons. The topological polar surface area (TPSA) is 50.4 Å². The number of ether oxygens (including phenoxy) is 1. The summed E-state index contributed by atoms with van der Waals surface area (Å²) in [6.45, 7) is 9.88. The van der Waals surface area contributed by atoms with Gasteiger partial charge in [0.15, 0.2) is 0 Å². The van der Waals surface area contributed by atoms with E-state index in [1.54, 1.807) is 0 Å². The number of urea groups is 1. The summed E-state index contributed by atoms with van der Waals surface area (Å²) in [6.07, 6.45) is 2.10. The molecular weight excluding hydrogens is 192 g/mol. The molecule has 15 heavy (non-hydrogen) atoms. The highest BCUT2D eigenvalue weighted by atomic mass is 16.5. The van der Waals surface area contributed by atoms with Crippen molar-refractivity contribution in [1.29, 1.82) is 0 Å². The summed E-state index contributed by atoms with van der Waals surface area (Å²) in [7, 11) is 0. The largest absolute Gasteiger partial charge is 0.374 e. The maximum absolute atomic E-state index is 11.3. The standard InChI is InChI=1S/C11H24N2O2/c1-5-7-8-12-10(14)13-9-11(3,4)15-6-2/h5-9H2,1-4H3,(H2,12,13,14). The zero-order valence-corrected chi connectivity index (χ0v) is 10.4. The number of nitrogens with one attached hydrogen (secondary N) is 2. The van der Waals surface area contributed by atoms with Crippen LogP contribution in [0.15, 0.2) is 0 Å². The van der Waals surface area contributed by atoms with Crippen molar-refractivity contribution in [3.8, 4) is 0 Å². The zero-order chi connectivity index (χ0) is 11.7. The average molecular weight is 216 g/mol. The predicted molar refractivity (Wildman–Crippen MR) is 62.0 cm³/mol. The summed E-state index contributed by atoms with van der Waals surface area (Å²) in [6, 6.07) is -0.115. The van der Waals surface area contributed by atoms with E-state index >= 15 is 0 Å². The third-order valence-electron chi connectivity index (χ3n) is 2.03. The Morgan fingerprint density at radius 3 is 2.47 bits per heavy atom. The van der Waals surface area contributed by atoms with Gasteiger partial charge in [0.25, 0.3) is 0 Å². The summed E-state index contributed by atoms with van der Waals surface area (Å²) >= 11 is 0. The van der Waals surface area contributed by atoms with Crippen LogP contribution in [-0.4, -0.2) is 31.3 Å². The van der Waals surface area contributed by atoms with Gasteiger partial charge in [-0.3, -0.25) is 0 Å². The van der Waals surface area contributed by atoms with Gasteiger partial charge in [0.1, 0.15) is 0 Å². The van der Waals surface area contributed by atoms with Crippen LogP contribution in [0.2, 0.25) is 0 Å². The molecule has 0 saturated heterocycles. The molecule has 0 aliphatic heterocycles. The number of carbonyl (C=O) groups is 1. The third kappa shape index (κ3) is 8.24. The molecule has 0 spiro atoms. The van der Waals surface area contributed by atoms with Crippen molar-refractivity contribution >= 4 is 6.03 Å². The fraction of sp³-hybridized carbons (Fsp3) is 0.909. The quantitative estimate of drug-likeness (QED) is 0.639. The third-order valence-corrected chi connectivity index (χ3v) is 2.03. The molecule has 0 aromatic heterocycles. The summed E-state index contributed by atoms with van der Waals surface area (Å²) in [5.74, 6) is 0. The summed E-state index contributed by atoms with van der Waals surface area (Å²) in [5, 5.41) is 5.58. The molecule has 2 N–H and O–H groups in total. The minimum atomic E-state index is -0.295. The van der Waals surface area contributed by atoms with Crippen molar-refractivity contribution in [2.75, 3.05) is 19.7 Å². The second kappa shape index (κ2) is 7.51. The van der Waals surface area contributed by atoms with Crippen LogP contribution in [0.4, 0.5) is 4.79 Å². The number of rotatable bonds is 7. The van der Waals surface area contributed by atoms with Crippen LogP contribution in [0, 0.1) is 0 Å². The molecule has 0 fully saturated rings. The first kappa shape index (κ1) is 14.2. The van der Waals surface area contributed by atoms with E-state index < -0.39 is 0 Å². The van der Waals surface area contributed by atoms with Gasteiger partial charge in [-0.2, -0.15) is 0 Å². The molecule has 2 amide bonds. The van der Waals surface area contributed by atoms with Crippen molar-refractivity contribution in [2.45, 2.75) is 46.1 Å². The van der Waals surface area contributed by atoms with E-state index in [4.69, 9.17) is 4.74 Å². The molecule has 0 unspecified atom stereocenters. The summed E-state index contributed by atoms with van der Waals surface area (Å²) < 4.78 is 5.46. The molecule has 4 heteroatoms. The maximum atomic E-state index is 11.3. The van der Waals surface area contributed by atoms with Gasteiger partial charge >= 0.3 is 6.03 Å². The Morgan fingerprint density at radius 1 is 1.27 bits per heavy atom. The highest BCUT2D eigenvalue weighted by Crippen LogP contribution is 2.06. The van der Waals surface area contributed by atoms with Crippen LogP contribution in [0.5, 0.6) is 0 Å². The van der Waals surface area contributed by atoms with Crippen LogP contribution in [0.1, 0.15) is 40.5 Å². The molecule has 90 valence electrons. The zero-order valence-electron chi connectivity index (χ0n) is 10.4. The number of unbranched alkanes of at least 4 members (excludes halogenated alkanes) is 1. The highest BCUT2D eigenvalue weighted by Gasteiger charge is 2.18. The van der Waals surface area contributed by atoms with Gasteiger partial charge in [0.2, 0.25) is 0 Å². The van der Waals surface area contributed by atoms with Gasteiger partial charge in [0.05, 0.1) is 5.60 Å². The number of hydrogen-bond acceptors (Lipinski definition) is 2. The predicted octanol–water partition coefficient (Wildman–Crippen LogP) is 1.90. The van der Waals surface area contributed by atoms with Gasteiger partial charge in [-0.15, -0.1) is 0 Å². The van der Waals surface area contributed by atoms with Gasteiger partial charge in [-0.25, -0.2) is 4.79 Å². The van der Waals surface area contributed by atoms with Gasteiger partial charge < -0.3 is 15.4 Å². The van der Waals surface area contributed by atoms with Crippen molar-refractivity contribution < 1.29 is 9.53 Å². The lowest BCUT2D eigenvalue weighted by Gasteiger charge is -2.24. The lowest BCUT2D eigenvalue weighted by Crippen LogP contribution is -2.44. The SMILES string of the molecule is CCCCNC(=O)NCC(C)(C)OCC. The van der Waals surface area contributed by atoms with Crippen LogP contribution >= 0.6 is 0 Å². The Hall–Kier alpha value is -0.770. The van der Waals surface area contributed by atoms with E-state index in [2.05, 4.69) is 17.6 Å². The second-order valence-corrected chi connectivity index (χ2v) is 4.16. The Balaban J connectivity index is 3.60. The summed E-state index contributed by atoms with van der Waals surface area (Å²) in [4.78, 5) is 11.3. The molecule has 0 aromatic rings. The monoisotopic (exact) mass is 216 g/mol. The van der Waals surface area contributed by atoms with Gasteiger partial charge in [-0.05, 0) is 27.2 Å². The Bertz CT molecular complexity index is 181. The second-order valence-electron chi connectivity index (χ2n) is 4.16. The normalized spacial score (nSPS) is 11.2. The Morgan fingerprint density at radius 2 is 1.93 bits per heavy atom. The first-order valence-electron chi connectivity index (χ1n) is 5.67. The van der Waals surface area contributed by atoms with Crippen LogP contribution in [0.25, 0.3) is 0 Å². The van der Waals surface area contributed by atoms with E-state index in [0.717, 1.165) is 19.4 Å². The number of amides is 2.